The number of rotatable bonds is 3. The van der Waals surface area contributed by atoms with Crippen LogP contribution in [0.15, 0.2) is 206 Å². The number of nitrogens with zero attached hydrogens (tertiary/aromatic N) is 4. The van der Waals surface area contributed by atoms with Crippen LogP contribution in [-0.2, 0) is 16.2 Å². The zero-order valence-electron chi connectivity index (χ0n) is 43.4. The lowest BCUT2D eigenvalue weighted by atomic mass is 9.82. The SMILES string of the molecule is CC1(C)c2ccccc2-c2cc3c4ccccc4n(-c4cc5nccc(-n6c7ccccc7c7cc8c(cc76)C(C)(C)c6ccccc6-8)c5cc4-n4c5ccccc5c5cc6c(cc54)C(C)(C)c4ccccc4-6)c3cc21. The lowest BCUT2D eigenvalue weighted by Gasteiger charge is -2.23. The predicted octanol–water partition coefficient (Wildman–Crippen LogP) is 18.4. The fourth-order valence-electron chi connectivity index (χ4n) is 15.0. The van der Waals surface area contributed by atoms with E-state index >= 15 is 0 Å². The van der Waals surface area contributed by atoms with E-state index < -0.39 is 0 Å². The zero-order chi connectivity index (χ0) is 50.7. The molecule has 0 N–H and O–H groups in total. The van der Waals surface area contributed by atoms with Gasteiger partial charge in [-0.25, -0.2) is 0 Å². The molecule has 0 radical (unpaired) electrons. The van der Waals surface area contributed by atoms with Crippen LogP contribution in [0.25, 0.3) is 127 Å². The maximum absolute atomic E-state index is 5.36. The van der Waals surface area contributed by atoms with Crippen molar-refractivity contribution in [2.45, 2.75) is 57.8 Å². The van der Waals surface area contributed by atoms with Crippen molar-refractivity contribution in [2.75, 3.05) is 0 Å². The molecule has 360 valence electrons. The molecule has 0 aliphatic heterocycles. The van der Waals surface area contributed by atoms with Gasteiger partial charge in [-0.2, -0.15) is 0 Å². The van der Waals surface area contributed by atoms with Crippen molar-refractivity contribution in [1.29, 1.82) is 0 Å². The molecule has 4 aromatic heterocycles. The highest BCUT2D eigenvalue weighted by molar-refractivity contribution is 6.16. The summed E-state index contributed by atoms with van der Waals surface area (Å²) in [5.74, 6) is 0. The molecular formula is C72H52N4. The molecule has 14 aromatic rings. The molecule has 4 nitrogen and oxygen atoms in total. The van der Waals surface area contributed by atoms with Crippen molar-refractivity contribution in [3.63, 3.8) is 0 Å². The Labute approximate surface area is 440 Å². The van der Waals surface area contributed by atoms with Gasteiger partial charge < -0.3 is 13.7 Å². The third kappa shape index (κ3) is 5.17. The highest BCUT2D eigenvalue weighted by atomic mass is 15.1. The number of hydrogen-bond donors (Lipinski definition) is 0. The van der Waals surface area contributed by atoms with Crippen LogP contribution in [0.5, 0.6) is 0 Å². The molecule has 0 amide bonds. The molecule has 3 aliphatic rings. The van der Waals surface area contributed by atoms with E-state index in [-0.39, 0.29) is 16.2 Å². The smallest absolute Gasteiger partial charge is 0.0745 e. The first-order chi connectivity index (χ1) is 37.0. The standard InChI is InChI=1S/C72H52N4/c1-70(2)54-25-13-7-19-41(54)47-33-50-44-22-10-16-28-61(44)74(65(50)37-57(47)70)64-31-32-73-60-40-69(76-63-30-18-12-24-46(63)52-35-49-43-21-9-15-27-56(43)72(5,6)59(49)39-67(52)76)68(36-53(60)64)75-62-29-17-11-23-45(62)51-34-48-42-20-8-14-26-55(42)71(3,4)58(48)38-66(51)75/h7-40H,1-6H3. The Kier molecular flexibility index (Phi) is 7.93. The van der Waals surface area contributed by atoms with Crippen molar-refractivity contribution < 1.29 is 0 Å². The molecule has 17 rings (SSSR count). The minimum absolute atomic E-state index is 0.156. The number of pyridine rings is 1. The molecule has 0 spiro atoms. The van der Waals surface area contributed by atoms with Crippen LogP contribution in [0.1, 0.15) is 74.9 Å². The molecule has 3 aliphatic carbocycles. The molecule has 0 unspecified atom stereocenters. The fourth-order valence-corrected chi connectivity index (χ4v) is 15.0. The van der Waals surface area contributed by atoms with Crippen LogP contribution in [0.2, 0.25) is 0 Å². The van der Waals surface area contributed by atoms with Crippen LogP contribution in [0.3, 0.4) is 0 Å². The second-order valence-electron chi connectivity index (χ2n) is 23.5. The third-order valence-corrected chi connectivity index (χ3v) is 18.7. The van der Waals surface area contributed by atoms with Gasteiger partial charge >= 0.3 is 0 Å². The summed E-state index contributed by atoms with van der Waals surface area (Å²) in [6, 6.07) is 76.1. The Morgan fingerprint density at radius 1 is 0.263 bits per heavy atom. The Balaban J connectivity index is 1.02. The van der Waals surface area contributed by atoms with E-state index in [0.29, 0.717) is 0 Å². The van der Waals surface area contributed by atoms with Crippen LogP contribution >= 0.6 is 0 Å². The molecule has 4 heteroatoms. The van der Waals surface area contributed by atoms with Crippen LogP contribution < -0.4 is 0 Å². The Bertz CT molecular complexity index is 4970. The largest absolute Gasteiger partial charge is 0.308 e. The van der Waals surface area contributed by atoms with Gasteiger partial charge in [0.2, 0.25) is 0 Å². The number of benzene rings is 10. The highest BCUT2D eigenvalue weighted by Gasteiger charge is 2.39. The van der Waals surface area contributed by atoms with Crippen LogP contribution in [-0.4, -0.2) is 18.7 Å². The summed E-state index contributed by atoms with van der Waals surface area (Å²) in [6.45, 7) is 14.3. The van der Waals surface area contributed by atoms with Crippen LogP contribution in [0.4, 0.5) is 0 Å². The average Bonchev–Trinajstić information content (AvgIpc) is 4.38. The Morgan fingerprint density at radius 2 is 0.605 bits per heavy atom. The van der Waals surface area contributed by atoms with E-state index in [0.717, 1.165) is 28.0 Å². The summed E-state index contributed by atoms with van der Waals surface area (Å²) < 4.78 is 7.67. The van der Waals surface area contributed by atoms with E-state index in [4.69, 9.17) is 4.98 Å². The van der Waals surface area contributed by atoms with E-state index in [2.05, 4.69) is 255 Å². The van der Waals surface area contributed by atoms with Crippen molar-refractivity contribution in [1.82, 2.24) is 18.7 Å². The molecule has 0 bridgehead atoms. The normalized spacial score (nSPS) is 15.3. The van der Waals surface area contributed by atoms with E-state index in [9.17, 15) is 0 Å². The molecule has 0 atom stereocenters. The maximum Gasteiger partial charge on any atom is 0.0745 e. The Morgan fingerprint density at radius 3 is 1.01 bits per heavy atom. The number of fused-ring (bicyclic) bond motifs is 19. The van der Waals surface area contributed by atoms with Crippen molar-refractivity contribution in [2.24, 2.45) is 0 Å². The highest BCUT2D eigenvalue weighted by Crippen LogP contribution is 2.55. The van der Waals surface area contributed by atoms with Gasteiger partial charge in [-0.05, 0) is 140 Å². The lowest BCUT2D eigenvalue weighted by molar-refractivity contribution is 0.660. The van der Waals surface area contributed by atoms with Gasteiger partial charge in [-0.1, -0.05) is 169 Å². The van der Waals surface area contributed by atoms with Gasteiger partial charge in [0.15, 0.2) is 0 Å². The zero-order valence-corrected chi connectivity index (χ0v) is 43.4. The summed E-state index contributed by atoms with van der Waals surface area (Å²) in [5.41, 5.74) is 27.0. The Hall–Kier alpha value is -8.99. The monoisotopic (exact) mass is 972 g/mol. The number of hydrogen-bond acceptors (Lipinski definition) is 1. The number of aromatic nitrogens is 4. The quantitative estimate of drug-likeness (QED) is 0.173. The molecule has 10 aromatic carbocycles. The van der Waals surface area contributed by atoms with Crippen molar-refractivity contribution in [3.8, 4) is 50.4 Å². The van der Waals surface area contributed by atoms with Gasteiger partial charge in [-0.15, -0.1) is 0 Å². The van der Waals surface area contributed by atoms with Gasteiger partial charge in [-0.3, -0.25) is 4.98 Å². The minimum atomic E-state index is -0.186. The summed E-state index contributed by atoms with van der Waals surface area (Å²) in [6.07, 6.45) is 2.02. The van der Waals surface area contributed by atoms with Gasteiger partial charge in [0.05, 0.1) is 55.7 Å². The average molecular weight is 973 g/mol. The first-order valence-corrected chi connectivity index (χ1v) is 26.9. The van der Waals surface area contributed by atoms with Crippen LogP contribution in [0, 0.1) is 0 Å². The first-order valence-electron chi connectivity index (χ1n) is 26.9. The lowest BCUT2D eigenvalue weighted by Crippen LogP contribution is -2.15. The summed E-state index contributed by atoms with van der Waals surface area (Å²) >= 11 is 0. The predicted molar refractivity (Wildman–Crippen MR) is 317 cm³/mol. The number of para-hydroxylation sites is 3. The van der Waals surface area contributed by atoms with E-state index in [1.165, 1.54) is 132 Å². The minimum Gasteiger partial charge on any atom is -0.308 e. The molecule has 4 heterocycles. The molecular weight excluding hydrogens is 921 g/mol. The van der Waals surface area contributed by atoms with Crippen molar-refractivity contribution >= 4 is 76.3 Å². The van der Waals surface area contributed by atoms with Gasteiger partial charge in [0.25, 0.3) is 0 Å². The maximum atomic E-state index is 5.36. The molecule has 0 saturated heterocycles. The summed E-state index contributed by atoms with van der Waals surface area (Å²) in [4.78, 5) is 5.36. The second kappa shape index (κ2) is 14.2. The second-order valence-corrected chi connectivity index (χ2v) is 23.5. The van der Waals surface area contributed by atoms with E-state index in [1.807, 2.05) is 6.20 Å². The molecule has 0 saturated carbocycles. The fraction of sp³-hybridized carbons (Fsp3) is 0.125. The van der Waals surface area contributed by atoms with Gasteiger partial charge in [0, 0.05) is 60.1 Å². The van der Waals surface area contributed by atoms with E-state index in [1.54, 1.807) is 0 Å². The molecule has 0 fully saturated rings. The van der Waals surface area contributed by atoms with Gasteiger partial charge in [0.1, 0.15) is 0 Å². The summed E-state index contributed by atoms with van der Waals surface area (Å²) in [7, 11) is 0. The third-order valence-electron chi connectivity index (χ3n) is 18.7. The van der Waals surface area contributed by atoms with Crippen molar-refractivity contribution in [3.05, 3.63) is 240 Å². The molecule has 76 heavy (non-hydrogen) atoms. The first kappa shape index (κ1) is 42.4. The summed E-state index contributed by atoms with van der Waals surface area (Å²) in [5, 5.41) is 8.55. The topological polar surface area (TPSA) is 27.7 Å².